The maximum Gasteiger partial charge on any atom is 0.344 e. The molecule has 0 radical (unpaired) electrons. The molecule has 0 aliphatic heterocycles. The molecule has 5 rings (SSSR count). The number of carbonyl (C=O) groups excluding carboxylic acids is 2. The number of hydrogen-bond acceptors (Lipinski definition) is 5. The highest BCUT2D eigenvalue weighted by molar-refractivity contribution is 6.14. The molecule has 2 heterocycles. The van der Waals surface area contributed by atoms with Crippen molar-refractivity contribution in [3.8, 4) is 5.69 Å². The normalized spacial score (nSPS) is 11.1. The number of nitrogens with zero attached hydrogens (tertiary/aromatic N) is 3. The van der Waals surface area contributed by atoms with Gasteiger partial charge in [-0.3, -0.25) is 9.36 Å². The fraction of sp³-hybridized carbons (Fsp3) is 0.200. The van der Waals surface area contributed by atoms with Crippen LogP contribution in [0.5, 0.6) is 0 Å². The number of ether oxygens (including phenoxy) is 1. The lowest BCUT2D eigenvalue weighted by atomic mass is 10.2. The zero-order valence-corrected chi connectivity index (χ0v) is 20.9. The number of aryl methyl sites for hydroxylation is 1. The topological polar surface area (TPSA) is 86.1 Å². The summed E-state index contributed by atoms with van der Waals surface area (Å²) in [4.78, 5) is 36.5. The molecule has 37 heavy (non-hydrogen) atoms. The van der Waals surface area contributed by atoms with Crippen molar-refractivity contribution in [2.75, 3.05) is 11.9 Å². The molecule has 186 valence electrons. The Morgan fingerprint density at radius 2 is 1.54 bits per heavy atom. The van der Waals surface area contributed by atoms with Crippen molar-refractivity contribution < 1.29 is 14.3 Å². The summed E-state index contributed by atoms with van der Waals surface area (Å²) in [7, 11) is 0. The lowest BCUT2D eigenvalue weighted by Gasteiger charge is -2.13. The number of amides is 1. The quantitative estimate of drug-likeness (QED) is 0.198. The number of benzene rings is 3. The van der Waals surface area contributed by atoms with Crippen molar-refractivity contribution in [2.45, 2.75) is 33.1 Å². The second-order valence-electron chi connectivity index (χ2n) is 8.94. The van der Waals surface area contributed by atoms with Gasteiger partial charge in [0.1, 0.15) is 16.9 Å². The Kier molecular flexibility index (Phi) is 6.94. The average Bonchev–Trinajstić information content (AvgIpc) is 3.23. The second kappa shape index (κ2) is 10.6. The number of rotatable bonds is 8. The van der Waals surface area contributed by atoms with E-state index < -0.39 is 5.97 Å². The van der Waals surface area contributed by atoms with Crippen LogP contribution in [0.25, 0.3) is 27.9 Å². The maximum absolute atomic E-state index is 13.5. The van der Waals surface area contributed by atoms with Crippen LogP contribution in [-0.2, 0) is 4.74 Å². The predicted octanol–water partition coefficient (Wildman–Crippen LogP) is 6.48. The summed E-state index contributed by atoms with van der Waals surface area (Å²) in [5, 5.41) is 2.98. The third-order valence-corrected chi connectivity index (χ3v) is 6.21. The molecular weight excluding hydrogens is 464 g/mol. The van der Waals surface area contributed by atoms with Crippen LogP contribution in [0.2, 0.25) is 0 Å². The fourth-order valence-corrected chi connectivity index (χ4v) is 4.26. The van der Waals surface area contributed by atoms with Crippen molar-refractivity contribution in [1.29, 1.82) is 0 Å². The third kappa shape index (κ3) is 4.93. The van der Waals surface area contributed by atoms with E-state index in [9.17, 15) is 9.59 Å². The van der Waals surface area contributed by atoms with Crippen LogP contribution in [0.15, 0.2) is 78.9 Å². The van der Waals surface area contributed by atoms with Gasteiger partial charge in [0, 0.05) is 11.3 Å². The minimum atomic E-state index is -0.542. The summed E-state index contributed by atoms with van der Waals surface area (Å²) in [5.74, 6) is -0.607. The van der Waals surface area contributed by atoms with Crippen LogP contribution in [0.1, 0.15) is 52.5 Å². The Balaban J connectivity index is 1.74. The van der Waals surface area contributed by atoms with E-state index in [1.165, 1.54) is 0 Å². The van der Waals surface area contributed by atoms with Gasteiger partial charge in [0.2, 0.25) is 0 Å². The predicted molar refractivity (Wildman–Crippen MR) is 145 cm³/mol. The molecule has 3 aromatic carbocycles. The van der Waals surface area contributed by atoms with Crippen molar-refractivity contribution >= 4 is 39.9 Å². The van der Waals surface area contributed by atoms with Crippen LogP contribution in [-0.4, -0.2) is 33.0 Å². The summed E-state index contributed by atoms with van der Waals surface area (Å²) < 4.78 is 7.45. The summed E-state index contributed by atoms with van der Waals surface area (Å²) in [6, 6.07) is 24.2. The first-order chi connectivity index (χ1) is 18.1. The number of fused-ring (bicyclic) bond motifs is 2. The van der Waals surface area contributed by atoms with Gasteiger partial charge in [0.15, 0.2) is 5.65 Å². The van der Waals surface area contributed by atoms with Crippen LogP contribution >= 0.6 is 0 Å². The molecule has 1 amide bonds. The van der Waals surface area contributed by atoms with E-state index in [-0.39, 0.29) is 23.9 Å². The first-order valence-corrected chi connectivity index (χ1v) is 12.5. The van der Waals surface area contributed by atoms with Crippen molar-refractivity contribution in [3.05, 3.63) is 95.6 Å². The molecule has 0 aliphatic rings. The Labute approximate surface area is 215 Å². The highest BCUT2D eigenvalue weighted by Gasteiger charge is 2.29. The van der Waals surface area contributed by atoms with Gasteiger partial charge in [-0.15, -0.1) is 0 Å². The van der Waals surface area contributed by atoms with E-state index in [1.54, 1.807) is 28.8 Å². The van der Waals surface area contributed by atoms with Crippen LogP contribution in [0.3, 0.4) is 0 Å². The summed E-state index contributed by atoms with van der Waals surface area (Å²) in [6.45, 7) is 4.38. The molecule has 0 fully saturated rings. The van der Waals surface area contributed by atoms with E-state index in [0.29, 0.717) is 27.8 Å². The molecule has 0 unspecified atom stereocenters. The Morgan fingerprint density at radius 3 is 2.24 bits per heavy atom. The molecule has 0 spiro atoms. The molecule has 7 heteroatoms. The minimum absolute atomic E-state index is 0.189. The molecule has 7 nitrogen and oxygen atoms in total. The Bertz CT molecular complexity index is 1570. The summed E-state index contributed by atoms with van der Waals surface area (Å²) in [6.07, 6.45) is 2.74. The number of esters is 1. The molecule has 2 aromatic heterocycles. The number of nitrogens with one attached hydrogen (secondary N) is 1. The van der Waals surface area contributed by atoms with Crippen molar-refractivity contribution in [3.63, 3.8) is 0 Å². The molecule has 0 saturated carbocycles. The van der Waals surface area contributed by atoms with Crippen LogP contribution in [0.4, 0.5) is 5.82 Å². The Hall–Kier alpha value is -4.52. The van der Waals surface area contributed by atoms with Gasteiger partial charge in [0.05, 0.1) is 17.6 Å². The average molecular weight is 493 g/mol. The van der Waals surface area contributed by atoms with Crippen molar-refractivity contribution in [2.24, 2.45) is 0 Å². The monoisotopic (exact) mass is 492 g/mol. The zero-order valence-electron chi connectivity index (χ0n) is 20.9. The van der Waals surface area contributed by atoms with E-state index >= 15 is 0 Å². The largest absolute Gasteiger partial charge is 0.462 e. The van der Waals surface area contributed by atoms with Crippen LogP contribution in [0, 0.1) is 6.92 Å². The standard InChI is InChI=1S/C30H28N4O3/c1-3-4-10-19-37-30(36)25-26-28(32-24-14-9-8-13-23(24)31-26)34(22-17-15-20(2)16-18-22)27(25)33-29(35)21-11-6-5-7-12-21/h5-9,11-18H,3-4,10,19H2,1-2H3,(H,33,35). The van der Waals surface area contributed by atoms with E-state index in [1.807, 2.05) is 61.5 Å². The smallest absolute Gasteiger partial charge is 0.344 e. The zero-order chi connectivity index (χ0) is 25.8. The van der Waals surface area contributed by atoms with E-state index in [4.69, 9.17) is 14.7 Å². The second-order valence-corrected chi connectivity index (χ2v) is 8.94. The minimum Gasteiger partial charge on any atom is -0.462 e. The number of carbonyl (C=O) groups is 2. The molecule has 0 aliphatic carbocycles. The van der Waals surface area contributed by atoms with Gasteiger partial charge in [0.25, 0.3) is 5.91 Å². The van der Waals surface area contributed by atoms with Gasteiger partial charge >= 0.3 is 5.97 Å². The van der Waals surface area contributed by atoms with Gasteiger partial charge in [-0.25, -0.2) is 14.8 Å². The number of anilines is 1. The van der Waals surface area contributed by atoms with Gasteiger partial charge in [-0.2, -0.15) is 0 Å². The highest BCUT2D eigenvalue weighted by Crippen LogP contribution is 2.34. The molecule has 0 atom stereocenters. The molecule has 0 bridgehead atoms. The fourth-order valence-electron chi connectivity index (χ4n) is 4.26. The SMILES string of the molecule is CCCCCOC(=O)c1c(NC(=O)c2ccccc2)n(-c2ccc(C)cc2)c2nc3ccccc3nc12. The number of para-hydroxylation sites is 2. The number of unbranched alkanes of at least 4 members (excludes halogenated alkanes) is 2. The molecule has 0 saturated heterocycles. The molecule has 1 N–H and O–H groups in total. The van der Waals surface area contributed by atoms with Gasteiger partial charge in [-0.05, 0) is 49.7 Å². The van der Waals surface area contributed by atoms with Crippen LogP contribution < -0.4 is 5.32 Å². The molecular formula is C30H28N4O3. The van der Waals surface area contributed by atoms with E-state index in [2.05, 4.69) is 12.2 Å². The third-order valence-electron chi connectivity index (χ3n) is 6.21. The summed E-state index contributed by atoms with van der Waals surface area (Å²) in [5.41, 5.74) is 4.66. The first kappa shape index (κ1) is 24.2. The number of aromatic nitrogens is 3. The Morgan fingerprint density at radius 1 is 0.865 bits per heavy atom. The van der Waals surface area contributed by atoms with Gasteiger partial charge in [-0.1, -0.05) is 67.8 Å². The summed E-state index contributed by atoms with van der Waals surface area (Å²) >= 11 is 0. The number of hydrogen-bond donors (Lipinski definition) is 1. The lowest BCUT2D eigenvalue weighted by Crippen LogP contribution is -2.18. The molecule has 5 aromatic rings. The maximum atomic E-state index is 13.5. The lowest BCUT2D eigenvalue weighted by molar-refractivity contribution is 0.0501. The first-order valence-electron chi connectivity index (χ1n) is 12.5. The van der Waals surface area contributed by atoms with E-state index in [0.717, 1.165) is 30.5 Å². The van der Waals surface area contributed by atoms with Crippen molar-refractivity contribution in [1.82, 2.24) is 14.5 Å². The highest BCUT2D eigenvalue weighted by atomic mass is 16.5. The van der Waals surface area contributed by atoms with Gasteiger partial charge < -0.3 is 10.1 Å².